The molecule has 98 valence electrons. The summed E-state index contributed by atoms with van der Waals surface area (Å²) in [5.41, 5.74) is 0.197. The van der Waals surface area contributed by atoms with E-state index in [-0.39, 0.29) is 5.69 Å². The van der Waals surface area contributed by atoms with Gasteiger partial charge in [-0.3, -0.25) is 4.79 Å². The molecule has 6 heteroatoms. The van der Waals surface area contributed by atoms with E-state index in [9.17, 15) is 4.79 Å². The van der Waals surface area contributed by atoms with Crippen LogP contribution in [-0.4, -0.2) is 23.0 Å². The highest BCUT2D eigenvalue weighted by Gasteiger charge is 2.17. The lowest BCUT2D eigenvalue weighted by Gasteiger charge is -2.07. The van der Waals surface area contributed by atoms with Crippen LogP contribution >= 0.6 is 0 Å². The second-order valence-corrected chi connectivity index (χ2v) is 3.67. The van der Waals surface area contributed by atoms with Gasteiger partial charge in [0.15, 0.2) is 17.3 Å². The highest BCUT2D eigenvalue weighted by atomic mass is 16.5. The number of pyridine rings is 1. The van der Waals surface area contributed by atoms with Crippen LogP contribution in [0, 0.1) is 6.92 Å². The van der Waals surface area contributed by atoms with Crippen molar-refractivity contribution in [3.05, 3.63) is 42.3 Å². The van der Waals surface area contributed by atoms with Crippen molar-refractivity contribution in [2.45, 2.75) is 6.92 Å². The standard InChI is InChI=1S/C13H13N3O3/c1-4-10-15-11(8(2)19-10)13(17)16-12-9(18-3)6-5-7-14-12/h4-7H,1H2,2-3H3,(H,14,16,17). The van der Waals surface area contributed by atoms with Crippen LogP contribution in [0.15, 0.2) is 29.3 Å². The summed E-state index contributed by atoms with van der Waals surface area (Å²) in [6.07, 6.45) is 2.99. The first-order valence-electron chi connectivity index (χ1n) is 5.56. The molecule has 6 nitrogen and oxygen atoms in total. The van der Waals surface area contributed by atoms with Gasteiger partial charge >= 0.3 is 0 Å². The van der Waals surface area contributed by atoms with Crippen LogP contribution in [0.1, 0.15) is 22.1 Å². The molecule has 0 saturated carbocycles. The Morgan fingerprint density at radius 2 is 2.37 bits per heavy atom. The van der Waals surface area contributed by atoms with E-state index in [0.29, 0.717) is 23.2 Å². The van der Waals surface area contributed by atoms with Gasteiger partial charge in [-0.1, -0.05) is 6.58 Å². The fraction of sp³-hybridized carbons (Fsp3) is 0.154. The number of nitrogens with one attached hydrogen (secondary N) is 1. The maximum absolute atomic E-state index is 12.1. The van der Waals surface area contributed by atoms with Crippen molar-refractivity contribution in [3.63, 3.8) is 0 Å². The normalized spacial score (nSPS) is 10.0. The zero-order valence-corrected chi connectivity index (χ0v) is 10.6. The average molecular weight is 259 g/mol. The number of ether oxygens (including phenoxy) is 1. The van der Waals surface area contributed by atoms with Gasteiger partial charge in [0.05, 0.1) is 7.11 Å². The maximum atomic E-state index is 12.1. The second-order valence-electron chi connectivity index (χ2n) is 3.67. The first-order valence-corrected chi connectivity index (χ1v) is 5.56. The molecule has 19 heavy (non-hydrogen) atoms. The Labute approximate surface area is 110 Å². The third-order valence-electron chi connectivity index (χ3n) is 2.43. The first kappa shape index (κ1) is 12.8. The second kappa shape index (κ2) is 5.34. The van der Waals surface area contributed by atoms with E-state index < -0.39 is 5.91 Å². The Morgan fingerprint density at radius 1 is 1.58 bits per heavy atom. The number of hydrogen-bond acceptors (Lipinski definition) is 5. The quantitative estimate of drug-likeness (QED) is 0.911. The number of carbonyl (C=O) groups excluding carboxylic acids is 1. The van der Waals surface area contributed by atoms with Crippen LogP contribution in [0.25, 0.3) is 6.08 Å². The third-order valence-corrected chi connectivity index (χ3v) is 2.43. The van der Waals surface area contributed by atoms with Crippen molar-refractivity contribution in [3.8, 4) is 5.75 Å². The summed E-state index contributed by atoms with van der Waals surface area (Å²) in [4.78, 5) is 20.1. The Hall–Kier alpha value is -2.63. The van der Waals surface area contributed by atoms with Gasteiger partial charge in [0.2, 0.25) is 5.89 Å². The molecule has 2 aromatic rings. The number of aryl methyl sites for hydroxylation is 1. The lowest BCUT2D eigenvalue weighted by atomic mass is 10.3. The number of aromatic nitrogens is 2. The van der Waals surface area contributed by atoms with Crippen molar-refractivity contribution in [1.29, 1.82) is 0 Å². The SMILES string of the molecule is C=Cc1nc(C(=O)Nc2ncccc2OC)c(C)o1. The van der Waals surface area contributed by atoms with E-state index in [2.05, 4.69) is 21.9 Å². The average Bonchev–Trinajstić information content (AvgIpc) is 2.80. The zero-order valence-electron chi connectivity index (χ0n) is 10.6. The van der Waals surface area contributed by atoms with Crippen LogP contribution in [0.2, 0.25) is 0 Å². The van der Waals surface area contributed by atoms with Crippen LogP contribution in [0.4, 0.5) is 5.82 Å². The number of oxazole rings is 1. The Kier molecular flexibility index (Phi) is 3.61. The van der Waals surface area contributed by atoms with Gasteiger partial charge in [-0.15, -0.1) is 0 Å². The topological polar surface area (TPSA) is 77.2 Å². The molecule has 1 N–H and O–H groups in total. The van der Waals surface area contributed by atoms with E-state index in [0.717, 1.165) is 0 Å². The van der Waals surface area contributed by atoms with Gasteiger partial charge in [-0.05, 0) is 25.1 Å². The van der Waals surface area contributed by atoms with Gasteiger partial charge in [0, 0.05) is 6.20 Å². The van der Waals surface area contributed by atoms with Gasteiger partial charge < -0.3 is 14.5 Å². The van der Waals surface area contributed by atoms with Gasteiger partial charge in [-0.2, -0.15) is 0 Å². The molecule has 0 aromatic carbocycles. The van der Waals surface area contributed by atoms with E-state index in [1.165, 1.54) is 13.2 Å². The van der Waals surface area contributed by atoms with Crippen LogP contribution in [-0.2, 0) is 0 Å². The Morgan fingerprint density at radius 3 is 3.00 bits per heavy atom. The molecule has 0 radical (unpaired) electrons. The smallest absolute Gasteiger partial charge is 0.279 e. The summed E-state index contributed by atoms with van der Waals surface area (Å²) in [5, 5.41) is 2.62. The number of rotatable bonds is 4. The largest absolute Gasteiger partial charge is 0.493 e. The fourth-order valence-electron chi connectivity index (χ4n) is 1.53. The molecule has 1 amide bonds. The molecule has 0 bridgehead atoms. The third kappa shape index (κ3) is 2.62. The van der Waals surface area contributed by atoms with Crippen molar-refractivity contribution >= 4 is 17.8 Å². The van der Waals surface area contributed by atoms with Gasteiger partial charge in [0.25, 0.3) is 5.91 Å². The van der Waals surface area contributed by atoms with E-state index in [4.69, 9.17) is 9.15 Å². The molecule has 0 fully saturated rings. The highest BCUT2D eigenvalue weighted by molar-refractivity contribution is 6.03. The lowest BCUT2D eigenvalue weighted by Crippen LogP contribution is -2.15. The predicted octanol–water partition coefficient (Wildman–Crippen LogP) is 2.28. The van der Waals surface area contributed by atoms with E-state index in [1.54, 1.807) is 25.3 Å². The van der Waals surface area contributed by atoms with Crippen LogP contribution in [0.5, 0.6) is 5.75 Å². The summed E-state index contributed by atoms with van der Waals surface area (Å²) in [7, 11) is 1.50. The molecular formula is C13H13N3O3. The summed E-state index contributed by atoms with van der Waals surface area (Å²) >= 11 is 0. The van der Waals surface area contributed by atoms with E-state index in [1.807, 2.05) is 0 Å². The van der Waals surface area contributed by atoms with E-state index >= 15 is 0 Å². The van der Waals surface area contributed by atoms with Gasteiger partial charge in [-0.25, -0.2) is 9.97 Å². The molecule has 0 atom stereocenters. The Bertz CT molecular complexity index is 619. The van der Waals surface area contributed by atoms with Crippen LogP contribution < -0.4 is 10.1 Å². The maximum Gasteiger partial charge on any atom is 0.279 e. The predicted molar refractivity (Wildman–Crippen MR) is 70.1 cm³/mol. The summed E-state index contributed by atoms with van der Waals surface area (Å²) in [5.74, 6) is 1.11. The number of nitrogens with zero attached hydrogens (tertiary/aromatic N) is 2. The monoisotopic (exact) mass is 259 g/mol. The molecule has 0 spiro atoms. The highest BCUT2D eigenvalue weighted by Crippen LogP contribution is 2.21. The molecule has 0 saturated heterocycles. The van der Waals surface area contributed by atoms with Crippen molar-refractivity contribution in [2.75, 3.05) is 12.4 Å². The van der Waals surface area contributed by atoms with Crippen molar-refractivity contribution in [1.82, 2.24) is 9.97 Å². The summed E-state index contributed by atoms with van der Waals surface area (Å²) in [6, 6.07) is 3.42. The van der Waals surface area contributed by atoms with Gasteiger partial charge in [0.1, 0.15) is 5.76 Å². The first-order chi connectivity index (χ1) is 9.15. The molecular weight excluding hydrogens is 246 g/mol. The fourth-order valence-corrected chi connectivity index (χ4v) is 1.53. The number of carbonyl (C=O) groups is 1. The van der Waals surface area contributed by atoms with Crippen LogP contribution in [0.3, 0.4) is 0 Å². The molecule has 0 aliphatic carbocycles. The minimum absolute atomic E-state index is 0.197. The van der Waals surface area contributed by atoms with Crippen molar-refractivity contribution < 1.29 is 13.9 Å². The molecule has 0 unspecified atom stereocenters. The molecule has 2 rings (SSSR count). The van der Waals surface area contributed by atoms with Crippen molar-refractivity contribution in [2.24, 2.45) is 0 Å². The zero-order chi connectivity index (χ0) is 13.8. The molecule has 2 heterocycles. The summed E-state index contributed by atoms with van der Waals surface area (Å²) in [6.45, 7) is 5.19. The summed E-state index contributed by atoms with van der Waals surface area (Å²) < 4.78 is 10.3. The molecule has 0 aliphatic heterocycles. The lowest BCUT2D eigenvalue weighted by molar-refractivity contribution is 0.102. The number of anilines is 1. The Balaban J connectivity index is 2.25. The minimum atomic E-state index is -0.411. The number of methoxy groups -OCH3 is 1. The molecule has 2 aromatic heterocycles. The molecule has 0 aliphatic rings. The minimum Gasteiger partial charge on any atom is -0.493 e. The number of amides is 1. The number of hydrogen-bond donors (Lipinski definition) is 1.